The van der Waals surface area contributed by atoms with Crippen molar-refractivity contribution < 1.29 is 10.2 Å². The van der Waals surface area contributed by atoms with E-state index in [0.29, 0.717) is 0 Å². The lowest BCUT2D eigenvalue weighted by atomic mass is 10.1. The molecule has 0 fully saturated rings. The van der Waals surface area contributed by atoms with Crippen molar-refractivity contribution in [1.82, 2.24) is 0 Å². The summed E-state index contributed by atoms with van der Waals surface area (Å²) < 4.78 is 0. The Morgan fingerprint density at radius 3 is 1.56 bits per heavy atom. The number of aliphatic hydroxyl groups is 2. The van der Waals surface area contributed by atoms with Gasteiger partial charge in [-0.05, 0) is 35.4 Å². The summed E-state index contributed by atoms with van der Waals surface area (Å²) >= 11 is 3.44. The van der Waals surface area contributed by atoms with Crippen molar-refractivity contribution in [2.24, 2.45) is 0 Å². The van der Waals surface area contributed by atoms with Gasteiger partial charge in [-0.3, -0.25) is 0 Å². The monoisotopic (exact) mass is 276 g/mol. The van der Waals surface area contributed by atoms with Crippen LogP contribution in [0.1, 0.15) is 11.1 Å². The Morgan fingerprint density at radius 1 is 0.722 bits per heavy atom. The summed E-state index contributed by atoms with van der Waals surface area (Å²) in [5, 5.41) is 18.6. The van der Waals surface area contributed by atoms with Gasteiger partial charge in [-0.15, -0.1) is 0 Å². The third-order valence-electron chi connectivity index (χ3n) is 2.90. The van der Waals surface area contributed by atoms with Gasteiger partial charge in [0.25, 0.3) is 0 Å². The van der Waals surface area contributed by atoms with Crippen LogP contribution in [-0.2, 0) is 13.2 Å². The molecule has 1 heterocycles. The molecule has 2 aromatic carbocycles. The van der Waals surface area contributed by atoms with Gasteiger partial charge in [-0.25, -0.2) is 0 Å². The molecular weight excluding hydrogens is 264 g/mol. The highest BCUT2D eigenvalue weighted by Crippen LogP contribution is 2.48. The molecular formula is C14H12O2S2. The summed E-state index contributed by atoms with van der Waals surface area (Å²) in [4.78, 5) is 4.80. The molecule has 18 heavy (non-hydrogen) atoms. The minimum Gasteiger partial charge on any atom is -0.392 e. The Labute approximate surface area is 114 Å². The van der Waals surface area contributed by atoms with E-state index in [1.165, 1.54) is 9.79 Å². The van der Waals surface area contributed by atoms with Gasteiger partial charge >= 0.3 is 0 Å². The van der Waals surface area contributed by atoms with Crippen molar-refractivity contribution in [3.63, 3.8) is 0 Å². The second-order valence-corrected chi connectivity index (χ2v) is 6.20. The molecule has 0 bridgehead atoms. The van der Waals surface area contributed by atoms with Gasteiger partial charge in [0.1, 0.15) is 0 Å². The third kappa shape index (κ3) is 2.06. The number of hydrogen-bond donors (Lipinski definition) is 2. The van der Waals surface area contributed by atoms with Crippen LogP contribution in [-0.4, -0.2) is 10.2 Å². The Balaban J connectivity index is 2.07. The average molecular weight is 276 g/mol. The van der Waals surface area contributed by atoms with Gasteiger partial charge in [0.15, 0.2) is 0 Å². The van der Waals surface area contributed by atoms with E-state index in [1.54, 1.807) is 23.5 Å². The first-order valence-electron chi connectivity index (χ1n) is 5.64. The molecule has 4 heteroatoms. The molecule has 0 aliphatic carbocycles. The largest absolute Gasteiger partial charge is 0.392 e. The number of benzene rings is 2. The Bertz CT molecular complexity index is 544. The minimum atomic E-state index is -0.0317. The van der Waals surface area contributed by atoms with E-state index >= 15 is 0 Å². The fraction of sp³-hybridized carbons (Fsp3) is 0.143. The lowest BCUT2D eigenvalue weighted by Gasteiger charge is -2.20. The Kier molecular flexibility index (Phi) is 3.35. The molecule has 0 spiro atoms. The lowest BCUT2D eigenvalue weighted by molar-refractivity contribution is 0.259. The molecule has 0 radical (unpaired) electrons. The topological polar surface area (TPSA) is 40.5 Å². The number of rotatable bonds is 2. The zero-order chi connectivity index (χ0) is 12.5. The van der Waals surface area contributed by atoms with Crippen LogP contribution in [0.2, 0.25) is 0 Å². The lowest BCUT2D eigenvalue weighted by Crippen LogP contribution is -1.98. The van der Waals surface area contributed by atoms with E-state index in [2.05, 4.69) is 12.1 Å². The molecule has 92 valence electrons. The van der Waals surface area contributed by atoms with E-state index in [4.69, 9.17) is 0 Å². The zero-order valence-electron chi connectivity index (χ0n) is 9.59. The van der Waals surface area contributed by atoms with Gasteiger partial charge in [0, 0.05) is 19.6 Å². The molecule has 0 aromatic heterocycles. The number of aliphatic hydroxyl groups excluding tert-OH is 2. The smallest absolute Gasteiger partial charge is 0.0685 e. The Hall–Kier alpha value is -0.940. The van der Waals surface area contributed by atoms with Crippen LogP contribution in [0.5, 0.6) is 0 Å². The first-order valence-corrected chi connectivity index (χ1v) is 7.27. The minimum absolute atomic E-state index is 0.0317. The van der Waals surface area contributed by atoms with Crippen molar-refractivity contribution in [3.8, 4) is 0 Å². The van der Waals surface area contributed by atoms with Crippen molar-refractivity contribution in [2.45, 2.75) is 32.8 Å². The van der Waals surface area contributed by atoms with Crippen LogP contribution >= 0.6 is 23.5 Å². The molecule has 2 nitrogen and oxygen atoms in total. The molecule has 2 aromatic rings. The number of hydrogen-bond acceptors (Lipinski definition) is 4. The van der Waals surface area contributed by atoms with E-state index in [1.807, 2.05) is 24.3 Å². The van der Waals surface area contributed by atoms with Crippen molar-refractivity contribution in [1.29, 1.82) is 0 Å². The van der Waals surface area contributed by atoms with E-state index in [-0.39, 0.29) is 13.2 Å². The fourth-order valence-corrected chi connectivity index (χ4v) is 4.28. The van der Waals surface area contributed by atoms with Gasteiger partial charge in [0.2, 0.25) is 0 Å². The predicted molar refractivity (Wildman–Crippen MR) is 73.0 cm³/mol. The van der Waals surface area contributed by atoms with Crippen LogP contribution in [0, 0.1) is 0 Å². The second-order valence-electron chi connectivity index (χ2n) is 4.03. The standard InChI is InChI=1S/C14H12O2S2/c15-7-9-5-13-14(6-10(9)8-16)18-12-4-2-1-3-11(12)17-13/h1-6,15-16H,7-8H2. The van der Waals surface area contributed by atoms with E-state index in [0.717, 1.165) is 20.9 Å². The van der Waals surface area contributed by atoms with Crippen LogP contribution in [0.3, 0.4) is 0 Å². The van der Waals surface area contributed by atoms with E-state index < -0.39 is 0 Å². The second kappa shape index (κ2) is 4.97. The van der Waals surface area contributed by atoms with Crippen molar-refractivity contribution in [3.05, 3.63) is 47.5 Å². The van der Waals surface area contributed by atoms with Gasteiger partial charge in [0.05, 0.1) is 13.2 Å². The summed E-state index contributed by atoms with van der Waals surface area (Å²) in [6, 6.07) is 12.2. The summed E-state index contributed by atoms with van der Waals surface area (Å²) in [6.45, 7) is -0.0634. The molecule has 0 amide bonds. The summed E-state index contributed by atoms with van der Waals surface area (Å²) in [6.07, 6.45) is 0. The average Bonchev–Trinajstić information content (AvgIpc) is 2.43. The summed E-state index contributed by atoms with van der Waals surface area (Å²) in [7, 11) is 0. The first kappa shape index (κ1) is 12.1. The van der Waals surface area contributed by atoms with Crippen LogP contribution < -0.4 is 0 Å². The molecule has 1 aliphatic heterocycles. The van der Waals surface area contributed by atoms with Crippen LogP contribution in [0.15, 0.2) is 56.0 Å². The van der Waals surface area contributed by atoms with Crippen LogP contribution in [0.4, 0.5) is 0 Å². The van der Waals surface area contributed by atoms with Gasteiger partial charge < -0.3 is 10.2 Å². The zero-order valence-corrected chi connectivity index (χ0v) is 11.2. The molecule has 0 unspecified atom stereocenters. The maximum absolute atomic E-state index is 9.32. The summed E-state index contributed by atoms with van der Waals surface area (Å²) in [5.74, 6) is 0. The highest BCUT2D eigenvalue weighted by Gasteiger charge is 2.18. The first-order chi connectivity index (χ1) is 8.81. The SMILES string of the molecule is OCc1cc2c(cc1CO)Sc1ccccc1S2. The third-order valence-corrected chi connectivity index (χ3v) is 5.42. The maximum atomic E-state index is 9.32. The molecule has 3 rings (SSSR count). The Morgan fingerprint density at radius 2 is 1.17 bits per heavy atom. The predicted octanol–water partition coefficient (Wildman–Crippen LogP) is 3.29. The maximum Gasteiger partial charge on any atom is 0.0685 e. The molecule has 0 atom stereocenters. The van der Waals surface area contributed by atoms with E-state index in [9.17, 15) is 10.2 Å². The quantitative estimate of drug-likeness (QED) is 0.753. The highest BCUT2D eigenvalue weighted by molar-refractivity contribution is 8.05. The molecule has 0 saturated carbocycles. The molecule has 1 aliphatic rings. The normalized spacial score (nSPS) is 13.0. The van der Waals surface area contributed by atoms with Gasteiger partial charge in [-0.2, -0.15) is 0 Å². The van der Waals surface area contributed by atoms with Crippen LogP contribution in [0.25, 0.3) is 0 Å². The molecule has 0 saturated heterocycles. The number of fused-ring (bicyclic) bond motifs is 2. The molecule has 2 N–H and O–H groups in total. The fourth-order valence-electron chi connectivity index (χ4n) is 1.95. The summed E-state index contributed by atoms with van der Waals surface area (Å²) in [5.41, 5.74) is 1.62. The van der Waals surface area contributed by atoms with Crippen molar-refractivity contribution in [2.75, 3.05) is 0 Å². The van der Waals surface area contributed by atoms with Crippen molar-refractivity contribution >= 4 is 23.5 Å². The highest BCUT2D eigenvalue weighted by atomic mass is 32.2. The van der Waals surface area contributed by atoms with Gasteiger partial charge in [-0.1, -0.05) is 35.7 Å².